The fourth-order valence-corrected chi connectivity index (χ4v) is 3.56. The molecular formula is C17H27NO. The summed E-state index contributed by atoms with van der Waals surface area (Å²) in [5.74, 6) is 2.26. The standard InChI is InChI=1S/C17H27NO/c1-12-5-10-15(16(18)11-12)17(2,3)13-6-8-14(19-4)9-7-13/h6-9,12,15-16H,5,10-11,18H2,1-4H3. The maximum absolute atomic E-state index is 6.42. The summed E-state index contributed by atoms with van der Waals surface area (Å²) in [4.78, 5) is 0. The minimum atomic E-state index is 0.131. The molecule has 0 heterocycles. The van der Waals surface area contributed by atoms with Crippen LogP contribution >= 0.6 is 0 Å². The Hall–Kier alpha value is -1.02. The quantitative estimate of drug-likeness (QED) is 0.899. The molecule has 0 bridgehead atoms. The van der Waals surface area contributed by atoms with Crippen LogP contribution in [0.3, 0.4) is 0 Å². The number of methoxy groups -OCH3 is 1. The molecule has 0 aromatic heterocycles. The second-order valence-electron chi connectivity index (χ2n) is 6.64. The molecule has 2 nitrogen and oxygen atoms in total. The summed E-state index contributed by atoms with van der Waals surface area (Å²) in [6, 6.07) is 8.79. The summed E-state index contributed by atoms with van der Waals surface area (Å²) in [5.41, 5.74) is 7.92. The van der Waals surface area contributed by atoms with Crippen molar-refractivity contribution in [2.45, 2.75) is 51.5 Å². The molecule has 1 saturated carbocycles. The van der Waals surface area contributed by atoms with Crippen LogP contribution < -0.4 is 10.5 Å². The third-order valence-electron chi connectivity index (χ3n) is 4.92. The van der Waals surface area contributed by atoms with Crippen LogP contribution in [0.2, 0.25) is 0 Å². The van der Waals surface area contributed by atoms with Crippen molar-refractivity contribution in [1.82, 2.24) is 0 Å². The highest BCUT2D eigenvalue weighted by Gasteiger charge is 2.38. The lowest BCUT2D eigenvalue weighted by atomic mass is 9.64. The zero-order valence-corrected chi connectivity index (χ0v) is 12.6. The molecule has 19 heavy (non-hydrogen) atoms. The van der Waals surface area contributed by atoms with E-state index in [1.165, 1.54) is 18.4 Å². The van der Waals surface area contributed by atoms with Gasteiger partial charge in [-0.2, -0.15) is 0 Å². The Bertz CT molecular complexity index is 410. The van der Waals surface area contributed by atoms with E-state index in [0.29, 0.717) is 12.0 Å². The van der Waals surface area contributed by atoms with Crippen LogP contribution in [0.4, 0.5) is 0 Å². The summed E-state index contributed by atoms with van der Waals surface area (Å²) in [5, 5.41) is 0. The molecule has 2 rings (SSSR count). The number of nitrogens with two attached hydrogens (primary N) is 1. The van der Waals surface area contributed by atoms with Crippen LogP contribution in [0, 0.1) is 11.8 Å². The molecule has 106 valence electrons. The van der Waals surface area contributed by atoms with Crippen LogP contribution in [0.15, 0.2) is 24.3 Å². The molecule has 0 aliphatic heterocycles. The molecule has 3 unspecified atom stereocenters. The molecule has 2 heteroatoms. The van der Waals surface area contributed by atoms with Crippen molar-refractivity contribution in [1.29, 1.82) is 0 Å². The zero-order chi connectivity index (χ0) is 14.0. The van der Waals surface area contributed by atoms with Crippen LogP contribution in [-0.2, 0) is 5.41 Å². The van der Waals surface area contributed by atoms with Crippen molar-refractivity contribution >= 4 is 0 Å². The third kappa shape index (κ3) is 2.94. The van der Waals surface area contributed by atoms with Gasteiger partial charge in [0.25, 0.3) is 0 Å². The first-order valence-corrected chi connectivity index (χ1v) is 7.35. The minimum Gasteiger partial charge on any atom is -0.497 e. The average Bonchev–Trinajstić information content (AvgIpc) is 2.38. The third-order valence-corrected chi connectivity index (χ3v) is 4.92. The fourth-order valence-electron chi connectivity index (χ4n) is 3.56. The van der Waals surface area contributed by atoms with Crippen molar-refractivity contribution in [2.75, 3.05) is 7.11 Å². The average molecular weight is 261 g/mol. The van der Waals surface area contributed by atoms with E-state index in [1.54, 1.807) is 7.11 Å². The largest absolute Gasteiger partial charge is 0.497 e. The van der Waals surface area contributed by atoms with Gasteiger partial charge in [-0.25, -0.2) is 0 Å². The van der Waals surface area contributed by atoms with E-state index in [-0.39, 0.29) is 5.41 Å². The van der Waals surface area contributed by atoms with Gasteiger partial charge in [-0.1, -0.05) is 39.3 Å². The zero-order valence-electron chi connectivity index (χ0n) is 12.6. The van der Waals surface area contributed by atoms with Crippen LogP contribution in [0.5, 0.6) is 5.75 Å². The van der Waals surface area contributed by atoms with Gasteiger partial charge in [0, 0.05) is 6.04 Å². The van der Waals surface area contributed by atoms with Gasteiger partial charge in [-0.15, -0.1) is 0 Å². The molecule has 1 aliphatic rings. The SMILES string of the molecule is COc1ccc(C(C)(C)C2CCC(C)CC2N)cc1. The molecule has 2 N–H and O–H groups in total. The molecule has 0 amide bonds. The maximum Gasteiger partial charge on any atom is 0.118 e. The van der Waals surface area contributed by atoms with E-state index in [0.717, 1.165) is 18.1 Å². The number of rotatable bonds is 3. The van der Waals surface area contributed by atoms with Gasteiger partial charge in [0.05, 0.1) is 7.11 Å². The number of hydrogen-bond donors (Lipinski definition) is 1. The number of benzene rings is 1. The molecule has 0 radical (unpaired) electrons. The van der Waals surface area contributed by atoms with Gasteiger partial charge in [0.1, 0.15) is 5.75 Å². The predicted molar refractivity (Wildman–Crippen MR) is 80.5 cm³/mol. The van der Waals surface area contributed by atoms with Gasteiger partial charge in [0.15, 0.2) is 0 Å². The minimum absolute atomic E-state index is 0.131. The van der Waals surface area contributed by atoms with E-state index in [1.807, 2.05) is 12.1 Å². The van der Waals surface area contributed by atoms with Gasteiger partial charge >= 0.3 is 0 Å². The lowest BCUT2D eigenvalue weighted by molar-refractivity contribution is 0.171. The topological polar surface area (TPSA) is 35.2 Å². The van der Waals surface area contributed by atoms with Crippen molar-refractivity contribution in [3.8, 4) is 5.75 Å². The van der Waals surface area contributed by atoms with Crippen molar-refractivity contribution in [3.63, 3.8) is 0 Å². The lowest BCUT2D eigenvalue weighted by Crippen LogP contribution is -2.45. The molecule has 1 aliphatic carbocycles. The summed E-state index contributed by atoms with van der Waals surface area (Å²) < 4.78 is 5.24. The Labute approximate surface area is 117 Å². The first kappa shape index (κ1) is 14.4. The summed E-state index contributed by atoms with van der Waals surface area (Å²) in [7, 11) is 1.71. The normalized spacial score (nSPS) is 28.2. The smallest absolute Gasteiger partial charge is 0.118 e. The van der Waals surface area contributed by atoms with E-state index in [9.17, 15) is 0 Å². The molecule has 1 fully saturated rings. The highest BCUT2D eigenvalue weighted by molar-refractivity contribution is 5.32. The predicted octanol–water partition coefficient (Wildman–Crippen LogP) is 3.74. The van der Waals surface area contributed by atoms with Crippen molar-refractivity contribution in [3.05, 3.63) is 29.8 Å². The first-order chi connectivity index (χ1) is 8.95. The molecular weight excluding hydrogens is 234 g/mol. The lowest BCUT2D eigenvalue weighted by Gasteiger charge is -2.43. The van der Waals surface area contributed by atoms with Crippen molar-refractivity contribution in [2.24, 2.45) is 17.6 Å². The molecule has 0 spiro atoms. The maximum atomic E-state index is 6.42. The highest BCUT2D eigenvalue weighted by atomic mass is 16.5. The van der Waals surface area contributed by atoms with E-state index in [2.05, 4.69) is 32.9 Å². The molecule has 0 saturated heterocycles. The Morgan fingerprint density at radius 2 is 1.79 bits per heavy atom. The molecule has 1 aromatic rings. The van der Waals surface area contributed by atoms with E-state index < -0.39 is 0 Å². The molecule has 3 atom stereocenters. The number of ether oxygens (including phenoxy) is 1. The van der Waals surface area contributed by atoms with Crippen molar-refractivity contribution < 1.29 is 4.74 Å². The first-order valence-electron chi connectivity index (χ1n) is 7.35. The Morgan fingerprint density at radius 3 is 2.32 bits per heavy atom. The monoisotopic (exact) mass is 261 g/mol. The molecule has 1 aromatic carbocycles. The van der Waals surface area contributed by atoms with Crippen LogP contribution in [-0.4, -0.2) is 13.2 Å². The van der Waals surface area contributed by atoms with Crippen LogP contribution in [0.1, 0.15) is 45.6 Å². The number of hydrogen-bond acceptors (Lipinski definition) is 2. The Morgan fingerprint density at radius 1 is 1.16 bits per heavy atom. The summed E-state index contributed by atoms with van der Waals surface area (Å²) >= 11 is 0. The Balaban J connectivity index is 2.20. The summed E-state index contributed by atoms with van der Waals surface area (Å²) in [6.07, 6.45) is 3.70. The highest BCUT2D eigenvalue weighted by Crippen LogP contribution is 2.41. The van der Waals surface area contributed by atoms with Gasteiger partial charge in [-0.05, 0) is 47.8 Å². The van der Waals surface area contributed by atoms with Crippen LogP contribution in [0.25, 0.3) is 0 Å². The Kier molecular flexibility index (Phi) is 4.19. The van der Waals surface area contributed by atoms with Gasteiger partial charge < -0.3 is 10.5 Å². The van der Waals surface area contributed by atoms with E-state index >= 15 is 0 Å². The van der Waals surface area contributed by atoms with E-state index in [4.69, 9.17) is 10.5 Å². The second-order valence-corrected chi connectivity index (χ2v) is 6.64. The summed E-state index contributed by atoms with van der Waals surface area (Å²) in [6.45, 7) is 6.97. The second kappa shape index (κ2) is 5.54. The fraction of sp³-hybridized carbons (Fsp3) is 0.647. The van der Waals surface area contributed by atoms with Gasteiger partial charge in [0.2, 0.25) is 0 Å². The van der Waals surface area contributed by atoms with Gasteiger partial charge in [-0.3, -0.25) is 0 Å².